The van der Waals surface area contributed by atoms with Crippen LogP contribution in [-0.4, -0.2) is 38.3 Å². The summed E-state index contributed by atoms with van der Waals surface area (Å²) >= 11 is 4.82. The summed E-state index contributed by atoms with van der Waals surface area (Å²) in [5.74, 6) is 1.21. The van der Waals surface area contributed by atoms with E-state index in [0.29, 0.717) is 5.75 Å². The van der Waals surface area contributed by atoms with E-state index in [1.807, 2.05) is 59.2 Å². The molecule has 0 saturated carbocycles. The van der Waals surface area contributed by atoms with Crippen molar-refractivity contribution in [3.05, 3.63) is 65.4 Å². The molecule has 0 saturated heterocycles. The molecule has 0 spiro atoms. The van der Waals surface area contributed by atoms with Crippen molar-refractivity contribution in [3.8, 4) is 11.4 Å². The minimum atomic E-state index is -0.598. The van der Waals surface area contributed by atoms with Crippen LogP contribution in [0.5, 0.6) is 5.75 Å². The van der Waals surface area contributed by atoms with Gasteiger partial charge >= 0.3 is 0 Å². The van der Waals surface area contributed by atoms with E-state index >= 15 is 0 Å². The molecule has 0 bridgehead atoms. The van der Waals surface area contributed by atoms with Crippen molar-refractivity contribution in [2.75, 3.05) is 12.4 Å². The van der Waals surface area contributed by atoms with Crippen LogP contribution in [0.4, 0.5) is 0 Å². The molecule has 124 valence electrons. The molecule has 7 heteroatoms. The number of para-hydroxylation sites is 1. The topological polar surface area (TPSA) is 60.2 Å². The molecule has 24 heavy (non-hydrogen) atoms. The van der Waals surface area contributed by atoms with Gasteiger partial charge in [-0.1, -0.05) is 45.9 Å². The minimum absolute atomic E-state index is 0.230. The molecule has 1 unspecified atom stereocenters. The Morgan fingerprint density at radius 3 is 2.62 bits per heavy atom. The van der Waals surface area contributed by atoms with Gasteiger partial charge in [0.1, 0.15) is 18.7 Å². The quantitative estimate of drug-likeness (QED) is 0.608. The number of aliphatic hydroxyl groups excluding tert-OH is 1. The van der Waals surface area contributed by atoms with Gasteiger partial charge in [0.2, 0.25) is 0 Å². The van der Waals surface area contributed by atoms with Gasteiger partial charge in [-0.25, -0.2) is 0 Å². The van der Waals surface area contributed by atoms with E-state index in [2.05, 4.69) is 26.1 Å². The fourth-order valence-corrected chi connectivity index (χ4v) is 3.13. The second kappa shape index (κ2) is 8.32. The number of benzene rings is 2. The highest BCUT2D eigenvalue weighted by Gasteiger charge is 2.11. The zero-order chi connectivity index (χ0) is 16.8. The Hall–Kier alpha value is -1.83. The van der Waals surface area contributed by atoms with E-state index < -0.39 is 6.10 Å². The number of hydrogen-bond donors (Lipinski definition) is 1. The molecular weight excluding hydrogens is 390 g/mol. The zero-order valence-corrected chi connectivity index (χ0v) is 15.2. The Balaban J connectivity index is 1.53. The van der Waals surface area contributed by atoms with Crippen LogP contribution in [0.25, 0.3) is 5.69 Å². The molecule has 0 radical (unpaired) electrons. The second-order valence-electron chi connectivity index (χ2n) is 5.05. The molecule has 0 fully saturated rings. The summed E-state index contributed by atoms with van der Waals surface area (Å²) in [7, 11) is 0. The van der Waals surface area contributed by atoms with Gasteiger partial charge in [-0.2, -0.15) is 0 Å². The average molecular weight is 406 g/mol. The molecule has 5 nitrogen and oxygen atoms in total. The van der Waals surface area contributed by atoms with E-state index in [1.165, 1.54) is 11.8 Å². The zero-order valence-electron chi connectivity index (χ0n) is 12.7. The Kier molecular flexibility index (Phi) is 5.90. The number of thioether (sulfide) groups is 1. The number of aromatic nitrogens is 3. The van der Waals surface area contributed by atoms with Gasteiger partial charge in [0.25, 0.3) is 0 Å². The van der Waals surface area contributed by atoms with Crippen LogP contribution in [0, 0.1) is 0 Å². The normalized spacial score (nSPS) is 12.1. The van der Waals surface area contributed by atoms with Crippen LogP contribution >= 0.6 is 27.7 Å². The van der Waals surface area contributed by atoms with Crippen LogP contribution in [0.2, 0.25) is 0 Å². The standard InChI is InChI=1S/C17H16BrN3O2S/c18-13-6-8-16(9-7-13)23-10-15(22)11-24-17-20-19-12-21(17)14-4-2-1-3-5-14/h1-9,12,15,22H,10-11H2. The van der Waals surface area contributed by atoms with Crippen LogP contribution in [0.15, 0.2) is 70.6 Å². The highest BCUT2D eigenvalue weighted by Crippen LogP contribution is 2.21. The molecule has 0 aliphatic rings. The van der Waals surface area contributed by atoms with Gasteiger partial charge in [0.15, 0.2) is 5.16 Å². The molecule has 1 heterocycles. The molecule has 1 aromatic heterocycles. The Morgan fingerprint density at radius 1 is 1.12 bits per heavy atom. The molecule has 1 atom stereocenters. The number of halogens is 1. The molecule has 2 aromatic carbocycles. The van der Waals surface area contributed by atoms with E-state index in [4.69, 9.17) is 4.74 Å². The van der Waals surface area contributed by atoms with E-state index in [0.717, 1.165) is 21.1 Å². The Labute approximate surface area is 152 Å². The molecule has 1 N–H and O–H groups in total. The van der Waals surface area contributed by atoms with Gasteiger partial charge in [-0.3, -0.25) is 4.57 Å². The van der Waals surface area contributed by atoms with Crippen molar-refractivity contribution in [1.82, 2.24) is 14.8 Å². The summed E-state index contributed by atoms with van der Waals surface area (Å²) in [6, 6.07) is 17.4. The maximum atomic E-state index is 10.1. The third-order valence-electron chi connectivity index (χ3n) is 3.21. The fourth-order valence-electron chi connectivity index (χ4n) is 2.03. The maximum absolute atomic E-state index is 10.1. The van der Waals surface area contributed by atoms with Gasteiger partial charge < -0.3 is 9.84 Å². The maximum Gasteiger partial charge on any atom is 0.195 e. The van der Waals surface area contributed by atoms with Crippen LogP contribution in [0.1, 0.15) is 0 Å². The molecular formula is C17H16BrN3O2S. The summed E-state index contributed by atoms with van der Waals surface area (Å²) in [5, 5.41) is 18.9. The monoisotopic (exact) mass is 405 g/mol. The van der Waals surface area contributed by atoms with E-state index in [1.54, 1.807) is 6.33 Å². The smallest absolute Gasteiger partial charge is 0.195 e. The van der Waals surface area contributed by atoms with Gasteiger partial charge in [-0.15, -0.1) is 10.2 Å². The summed E-state index contributed by atoms with van der Waals surface area (Å²) in [6.45, 7) is 0.230. The minimum Gasteiger partial charge on any atom is -0.491 e. The first-order valence-electron chi connectivity index (χ1n) is 7.37. The van der Waals surface area contributed by atoms with Crippen LogP contribution in [-0.2, 0) is 0 Å². The van der Waals surface area contributed by atoms with Crippen molar-refractivity contribution in [2.24, 2.45) is 0 Å². The summed E-state index contributed by atoms with van der Waals surface area (Å²) < 4.78 is 8.47. The first kappa shape index (κ1) is 17.0. The van der Waals surface area contributed by atoms with Crippen molar-refractivity contribution in [3.63, 3.8) is 0 Å². The van der Waals surface area contributed by atoms with E-state index in [9.17, 15) is 5.11 Å². The number of aliphatic hydroxyl groups is 1. The molecule has 3 aromatic rings. The first-order valence-corrected chi connectivity index (χ1v) is 9.15. The molecule has 0 aliphatic carbocycles. The van der Waals surface area contributed by atoms with Crippen LogP contribution < -0.4 is 4.74 Å². The van der Waals surface area contributed by atoms with Gasteiger partial charge in [0, 0.05) is 15.9 Å². The Bertz CT molecular complexity index is 765. The molecule has 3 rings (SSSR count). The number of rotatable bonds is 7. The lowest BCUT2D eigenvalue weighted by Gasteiger charge is -2.12. The summed E-state index contributed by atoms with van der Waals surface area (Å²) in [5.41, 5.74) is 0.991. The highest BCUT2D eigenvalue weighted by molar-refractivity contribution is 9.10. The Morgan fingerprint density at radius 2 is 1.88 bits per heavy atom. The summed E-state index contributed by atoms with van der Waals surface area (Å²) in [6.07, 6.45) is 1.07. The predicted octanol–water partition coefficient (Wildman–Crippen LogP) is 3.56. The predicted molar refractivity (Wildman–Crippen MR) is 97.7 cm³/mol. The van der Waals surface area contributed by atoms with Gasteiger partial charge in [-0.05, 0) is 36.4 Å². The third-order valence-corrected chi connectivity index (χ3v) is 4.83. The number of nitrogens with zero attached hydrogens (tertiary/aromatic N) is 3. The highest BCUT2D eigenvalue weighted by atomic mass is 79.9. The number of ether oxygens (including phenoxy) is 1. The van der Waals surface area contributed by atoms with E-state index in [-0.39, 0.29) is 6.61 Å². The third kappa shape index (κ3) is 4.59. The van der Waals surface area contributed by atoms with Crippen molar-refractivity contribution in [1.29, 1.82) is 0 Å². The average Bonchev–Trinajstić information content (AvgIpc) is 3.09. The lowest BCUT2D eigenvalue weighted by atomic mass is 10.3. The fraction of sp³-hybridized carbons (Fsp3) is 0.176. The van der Waals surface area contributed by atoms with Crippen molar-refractivity contribution in [2.45, 2.75) is 11.3 Å². The lowest BCUT2D eigenvalue weighted by molar-refractivity contribution is 0.126. The van der Waals surface area contributed by atoms with Crippen molar-refractivity contribution < 1.29 is 9.84 Å². The largest absolute Gasteiger partial charge is 0.491 e. The first-order chi connectivity index (χ1) is 11.7. The second-order valence-corrected chi connectivity index (χ2v) is 6.95. The lowest BCUT2D eigenvalue weighted by Crippen LogP contribution is -2.20. The molecule has 0 amide bonds. The number of hydrogen-bond acceptors (Lipinski definition) is 5. The molecule has 0 aliphatic heterocycles. The van der Waals surface area contributed by atoms with Gasteiger partial charge in [0.05, 0.1) is 6.10 Å². The summed E-state index contributed by atoms with van der Waals surface area (Å²) in [4.78, 5) is 0. The SMILES string of the molecule is OC(COc1ccc(Br)cc1)CSc1nncn1-c1ccccc1. The van der Waals surface area contributed by atoms with Crippen molar-refractivity contribution >= 4 is 27.7 Å². The van der Waals surface area contributed by atoms with Crippen LogP contribution in [0.3, 0.4) is 0 Å².